The fourth-order valence-electron chi connectivity index (χ4n) is 2.11. The fourth-order valence-corrected chi connectivity index (χ4v) is 3.54. The zero-order valence-electron chi connectivity index (χ0n) is 8.08. The maximum Gasteiger partial charge on any atom is 0.0965 e. The van der Waals surface area contributed by atoms with E-state index in [1.54, 1.807) is 0 Å². The second kappa shape index (κ2) is 3.26. The number of fused-ring (bicyclic) bond motifs is 1. The third-order valence-corrected chi connectivity index (χ3v) is 4.25. The van der Waals surface area contributed by atoms with Gasteiger partial charge in [0.2, 0.25) is 0 Å². The lowest BCUT2D eigenvalue weighted by Gasteiger charge is -2.31. The van der Waals surface area contributed by atoms with Crippen molar-refractivity contribution in [3.63, 3.8) is 0 Å². The van der Waals surface area contributed by atoms with Crippen molar-refractivity contribution < 1.29 is 0 Å². The molecule has 0 aromatic rings. The van der Waals surface area contributed by atoms with E-state index in [1.165, 1.54) is 5.70 Å². The van der Waals surface area contributed by atoms with Gasteiger partial charge in [-0.3, -0.25) is 0 Å². The van der Waals surface area contributed by atoms with Crippen molar-refractivity contribution in [2.75, 3.05) is 6.54 Å². The number of rotatable bonds is 0. The first-order valence-corrected chi connectivity index (χ1v) is 5.68. The van der Waals surface area contributed by atoms with E-state index in [0.717, 1.165) is 30.2 Å². The summed E-state index contributed by atoms with van der Waals surface area (Å²) >= 11 is 2.05. The average Bonchev–Trinajstić information content (AvgIpc) is 2.47. The molecule has 0 unspecified atom stereocenters. The number of thioether (sulfide) groups is 1. The molecule has 0 aliphatic carbocycles. The summed E-state index contributed by atoms with van der Waals surface area (Å²) in [7, 11) is 0. The van der Waals surface area contributed by atoms with E-state index in [-0.39, 0.29) is 0 Å². The molecule has 0 saturated carbocycles. The van der Waals surface area contributed by atoms with Gasteiger partial charge in [-0.2, -0.15) is 5.26 Å². The highest BCUT2D eigenvalue weighted by atomic mass is 32.2. The van der Waals surface area contributed by atoms with E-state index in [1.807, 2.05) is 11.8 Å². The SMILES string of the molecule is CC1=C(C#N)CC[C@H]2S[C@H](C)CN12. The van der Waals surface area contributed by atoms with Crippen molar-refractivity contribution in [1.82, 2.24) is 4.90 Å². The first-order chi connectivity index (χ1) is 6.22. The van der Waals surface area contributed by atoms with Crippen molar-refractivity contribution in [2.45, 2.75) is 37.3 Å². The highest BCUT2D eigenvalue weighted by Gasteiger charge is 2.34. The van der Waals surface area contributed by atoms with Gasteiger partial charge in [0.15, 0.2) is 0 Å². The number of hydrogen-bond acceptors (Lipinski definition) is 3. The van der Waals surface area contributed by atoms with Crippen LogP contribution < -0.4 is 0 Å². The largest absolute Gasteiger partial charge is 0.361 e. The molecule has 0 radical (unpaired) electrons. The van der Waals surface area contributed by atoms with Crippen molar-refractivity contribution in [3.8, 4) is 6.07 Å². The molecule has 0 N–H and O–H groups in total. The zero-order chi connectivity index (χ0) is 9.42. The number of nitriles is 1. The molecule has 2 aliphatic rings. The molecule has 1 fully saturated rings. The Morgan fingerprint density at radius 1 is 1.62 bits per heavy atom. The van der Waals surface area contributed by atoms with E-state index in [2.05, 4.69) is 24.8 Å². The Bertz CT molecular complexity index is 290. The molecule has 0 aromatic heterocycles. The molecule has 2 nitrogen and oxygen atoms in total. The molecular weight excluding hydrogens is 180 g/mol. The van der Waals surface area contributed by atoms with Gasteiger partial charge < -0.3 is 4.90 Å². The van der Waals surface area contributed by atoms with Crippen molar-refractivity contribution >= 4 is 11.8 Å². The monoisotopic (exact) mass is 194 g/mol. The molecular formula is C10H14N2S. The Balaban J connectivity index is 2.25. The molecule has 0 aromatic carbocycles. The summed E-state index contributed by atoms with van der Waals surface area (Å²) in [5.41, 5.74) is 2.21. The fraction of sp³-hybridized carbons (Fsp3) is 0.700. The number of hydrogen-bond donors (Lipinski definition) is 0. The van der Waals surface area contributed by atoms with Crippen LogP contribution in [0.15, 0.2) is 11.3 Å². The maximum absolute atomic E-state index is 8.91. The normalized spacial score (nSPS) is 33.2. The summed E-state index contributed by atoms with van der Waals surface area (Å²) in [6.45, 7) is 5.47. The van der Waals surface area contributed by atoms with Crippen molar-refractivity contribution in [3.05, 3.63) is 11.3 Å². The molecule has 70 valence electrons. The lowest BCUT2D eigenvalue weighted by Crippen LogP contribution is -2.31. The molecule has 0 amide bonds. The first kappa shape index (κ1) is 8.96. The van der Waals surface area contributed by atoms with Gasteiger partial charge in [-0.25, -0.2) is 0 Å². The van der Waals surface area contributed by atoms with Crippen LogP contribution in [0.2, 0.25) is 0 Å². The molecule has 2 heterocycles. The van der Waals surface area contributed by atoms with Gasteiger partial charge in [-0.15, -0.1) is 11.8 Å². The van der Waals surface area contributed by atoms with E-state index in [9.17, 15) is 0 Å². The van der Waals surface area contributed by atoms with Crippen molar-refractivity contribution in [2.24, 2.45) is 0 Å². The van der Waals surface area contributed by atoms with Gasteiger partial charge in [0.25, 0.3) is 0 Å². The maximum atomic E-state index is 8.91. The van der Waals surface area contributed by atoms with Gasteiger partial charge >= 0.3 is 0 Å². The zero-order valence-corrected chi connectivity index (χ0v) is 8.90. The van der Waals surface area contributed by atoms with Crippen LogP contribution in [-0.4, -0.2) is 22.1 Å². The van der Waals surface area contributed by atoms with E-state index in [0.29, 0.717) is 5.37 Å². The predicted octanol–water partition coefficient (Wildman–Crippen LogP) is 2.34. The van der Waals surface area contributed by atoms with Crippen LogP contribution >= 0.6 is 11.8 Å². The summed E-state index contributed by atoms with van der Waals surface area (Å²) in [5.74, 6) is 0. The lowest BCUT2D eigenvalue weighted by molar-refractivity contribution is 0.318. The Kier molecular flexibility index (Phi) is 2.25. The molecule has 13 heavy (non-hydrogen) atoms. The van der Waals surface area contributed by atoms with Gasteiger partial charge in [0, 0.05) is 23.1 Å². The van der Waals surface area contributed by atoms with E-state index < -0.39 is 0 Å². The summed E-state index contributed by atoms with van der Waals surface area (Å²) in [4.78, 5) is 2.40. The summed E-state index contributed by atoms with van der Waals surface area (Å²) in [5, 5.41) is 10.3. The van der Waals surface area contributed by atoms with Crippen LogP contribution in [0.5, 0.6) is 0 Å². The van der Waals surface area contributed by atoms with Crippen LogP contribution in [-0.2, 0) is 0 Å². The van der Waals surface area contributed by atoms with Gasteiger partial charge in [0.05, 0.1) is 11.4 Å². The summed E-state index contributed by atoms with van der Waals surface area (Å²) in [6.07, 6.45) is 2.12. The first-order valence-electron chi connectivity index (χ1n) is 4.74. The predicted molar refractivity (Wildman–Crippen MR) is 55.1 cm³/mol. The Hall–Kier alpha value is -0.620. The molecule has 1 saturated heterocycles. The quantitative estimate of drug-likeness (QED) is 0.592. The topological polar surface area (TPSA) is 27.0 Å². The summed E-state index contributed by atoms with van der Waals surface area (Å²) < 4.78 is 0. The van der Waals surface area contributed by atoms with Crippen LogP contribution in [0.3, 0.4) is 0 Å². The van der Waals surface area contributed by atoms with E-state index >= 15 is 0 Å². The average molecular weight is 194 g/mol. The molecule has 2 rings (SSSR count). The third kappa shape index (κ3) is 1.44. The smallest absolute Gasteiger partial charge is 0.0965 e. The molecule has 0 bridgehead atoms. The van der Waals surface area contributed by atoms with Crippen LogP contribution in [0.25, 0.3) is 0 Å². The molecule has 0 spiro atoms. The minimum Gasteiger partial charge on any atom is -0.361 e. The van der Waals surface area contributed by atoms with Crippen molar-refractivity contribution in [1.29, 1.82) is 5.26 Å². The minimum absolute atomic E-state index is 0.645. The van der Waals surface area contributed by atoms with Crippen LogP contribution in [0.1, 0.15) is 26.7 Å². The highest BCUT2D eigenvalue weighted by Crippen LogP contribution is 2.40. The number of nitrogens with zero attached hydrogens (tertiary/aromatic N) is 2. The van der Waals surface area contributed by atoms with Crippen LogP contribution in [0, 0.1) is 11.3 Å². The number of allylic oxidation sites excluding steroid dienone is 2. The second-order valence-corrected chi connectivity index (χ2v) is 5.39. The molecule has 3 heteroatoms. The standard InChI is InChI=1S/C10H14N2S/c1-7-6-12-8(2)9(5-11)3-4-10(12)13-7/h7,10H,3-4,6H2,1-2H3/t7-,10-/m1/s1. The highest BCUT2D eigenvalue weighted by molar-refractivity contribution is 8.00. The molecule has 2 atom stereocenters. The third-order valence-electron chi connectivity index (χ3n) is 2.83. The lowest BCUT2D eigenvalue weighted by atomic mass is 10.0. The minimum atomic E-state index is 0.645. The Morgan fingerprint density at radius 2 is 2.38 bits per heavy atom. The van der Waals surface area contributed by atoms with Gasteiger partial charge in [0.1, 0.15) is 0 Å². The van der Waals surface area contributed by atoms with Crippen LogP contribution in [0.4, 0.5) is 0 Å². The Labute approximate surface area is 83.6 Å². The summed E-state index contributed by atoms with van der Waals surface area (Å²) in [6, 6.07) is 2.31. The van der Waals surface area contributed by atoms with Gasteiger partial charge in [-0.05, 0) is 19.8 Å². The van der Waals surface area contributed by atoms with E-state index in [4.69, 9.17) is 5.26 Å². The van der Waals surface area contributed by atoms with Gasteiger partial charge in [-0.1, -0.05) is 6.92 Å². The second-order valence-electron chi connectivity index (χ2n) is 3.77. The Morgan fingerprint density at radius 3 is 3.08 bits per heavy atom. The molecule has 2 aliphatic heterocycles.